The van der Waals surface area contributed by atoms with Crippen LogP contribution in [-0.2, 0) is 9.26 Å². The van der Waals surface area contributed by atoms with E-state index in [4.69, 9.17) is 9.90 Å². The van der Waals surface area contributed by atoms with Gasteiger partial charge in [0.05, 0.1) is 0 Å². The second-order valence-corrected chi connectivity index (χ2v) is 2.55. The van der Waals surface area contributed by atoms with Crippen molar-refractivity contribution in [2.45, 2.75) is 0 Å². The number of aromatic hydroxyl groups is 1. The number of benzene rings is 1. The van der Waals surface area contributed by atoms with E-state index >= 15 is 0 Å². The topological polar surface area (TPSA) is 86.7 Å². The molecule has 0 atom stereocenters. The van der Waals surface area contributed by atoms with Gasteiger partial charge in [0, 0.05) is 11.8 Å². The van der Waals surface area contributed by atoms with E-state index in [1.54, 1.807) is 0 Å². The van der Waals surface area contributed by atoms with Crippen molar-refractivity contribution in [1.29, 1.82) is 0 Å². The van der Waals surface area contributed by atoms with Gasteiger partial charge in [0.15, 0.2) is 0 Å². The van der Waals surface area contributed by atoms with Gasteiger partial charge in [0.2, 0.25) is 0 Å². The van der Waals surface area contributed by atoms with E-state index in [1.165, 1.54) is 24.3 Å². The summed E-state index contributed by atoms with van der Waals surface area (Å²) in [5.74, 6) is 0.106. The summed E-state index contributed by atoms with van der Waals surface area (Å²) in [6.07, 6.45) is 0. The van der Waals surface area contributed by atoms with Gasteiger partial charge in [-0.25, -0.2) is 0 Å². The van der Waals surface area contributed by atoms with Crippen molar-refractivity contribution in [3.8, 4) is 11.5 Å². The second kappa shape index (κ2) is 5.89. The standard InChI is InChI=1S/C6H5O4Si.CH2O/c7-5-2-1-3-6(4-5)10-11(8)9;1-2/h1-4,7H;1H2/q-1;. The van der Waals surface area contributed by atoms with Crippen LogP contribution in [-0.4, -0.2) is 21.1 Å². The average molecular weight is 199 g/mol. The number of hydrogen-bond acceptors (Lipinski definition) is 5. The smallest absolute Gasteiger partial charge is 0.418 e. The highest BCUT2D eigenvalue weighted by atomic mass is 28.3. The maximum Gasteiger partial charge on any atom is 0.418 e. The van der Waals surface area contributed by atoms with Crippen LogP contribution in [0.5, 0.6) is 11.5 Å². The molecule has 0 unspecified atom stereocenters. The summed E-state index contributed by atoms with van der Waals surface area (Å²) in [6, 6.07) is 5.59. The minimum atomic E-state index is -3.21. The van der Waals surface area contributed by atoms with Gasteiger partial charge in [-0.3, -0.25) is 0 Å². The zero-order valence-electron chi connectivity index (χ0n) is 6.60. The molecule has 0 saturated heterocycles. The monoisotopic (exact) mass is 199 g/mol. The lowest BCUT2D eigenvalue weighted by Crippen LogP contribution is -2.26. The predicted octanol–water partition coefficient (Wildman–Crippen LogP) is -0.638. The lowest BCUT2D eigenvalue weighted by molar-refractivity contribution is -0.220. The van der Waals surface area contributed by atoms with Crippen molar-refractivity contribution >= 4 is 16.0 Å². The van der Waals surface area contributed by atoms with Crippen molar-refractivity contribution in [3.05, 3.63) is 24.3 Å². The zero-order chi connectivity index (χ0) is 10.3. The first-order valence-electron chi connectivity index (χ1n) is 3.15. The van der Waals surface area contributed by atoms with E-state index in [2.05, 4.69) is 4.43 Å². The minimum Gasteiger partial charge on any atom is -0.554 e. The van der Waals surface area contributed by atoms with Gasteiger partial charge >= 0.3 is 9.17 Å². The molecule has 0 radical (unpaired) electrons. The molecule has 70 valence electrons. The lowest BCUT2D eigenvalue weighted by Gasteiger charge is -2.06. The van der Waals surface area contributed by atoms with Crippen LogP contribution in [0.25, 0.3) is 0 Å². The van der Waals surface area contributed by atoms with Crippen LogP contribution in [0.4, 0.5) is 0 Å². The Hall–Kier alpha value is -1.69. The van der Waals surface area contributed by atoms with Crippen LogP contribution in [0.1, 0.15) is 0 Å². The fraction of sp³-hybridized carbons (Fsp3) is 0. The first-order valence-corrected chi connectivity index (χ1v) is 4.37. The number of carbonyl (C=O) groups excluding carboxylic acids is 1. The van der Waals surface area contributed by atoms with Gasteiger partial charge in [0.25, 0.3) is 0 Å². The molecule has 0 aromatic heterocycles. The molecule has 1 N–H and O–H groups in total. The third-order valence-electron chi connectivity index (χ3n) is 1.02. The van der Waals surface area contributed by atoms with Crippen molar-refractivity contribution in [2.75, 3.05) is 0 Å². The molecule has 13 heavy (non-hydrogen) atoms. The molecule has 1 aromatic rings. The SMILES string of the molecule is C=O.O=[Si]([O-])Oc1cccc(O)c1. The normalized spacial score (nSPS) is 8.00. The van der Waals surface area contributed by atoms with Gasteiger partial charge in [-0.2, -0.15) is 0 Å². The Labute approximate surface area is 76.1 Å². The molecule has 0 aliphatic carbocycles. The van der Waals surface area contributed by atoms with Crippen molar-refractivity contribution in [2.24, 2.45) is 0 Å². The largest absolute Gasteiger partial charge is 0.554 e. The van der Waals surface area contributed by atoms with Crippen LogP contribution in [0.2, 0.25) is 0 Å². The third kappa shape index (κ3) is 4.70. The maximum absolute atomic E-state index is 10.1. The van der Waals surface area contributed by atoms with Crippen LogP contribution in [0.15, 0.2) is 24.3 Å². The fourth-order valence-electron chi connectivity index (χ4n) is 0.643. The molecule has 6 heteroatoms. The molecule has 0 aliphatic rings. The Morgan fingerprint density at radius 3 is 2.54 bits per heavy atom. The van der Waals surface area contributed by atoms with Gasteiger partial charge in [-0.15, -0.1) is 0 Å². The Kier molecular flexibility index (Phi) is 5.13. The number of rotatable bonds is 2. The Morgan fingerprint density at radius 2 is 2.08 bits per heavy atom. The Balaban J connectivity index is 0.000000671. The van der Waals surface area contributed by atoms with Gasteiger partial charge < -0.3 is 23.6 Å². The molecule has 5 nitrogen and oxygen atoms in total. The molecule has 0 aliphatic heterocycles. The zero-order valence-corrected chi connectivity index (χ0v) is 7.60. The number of phenolic OH excluding ortho intramolecular Hbond substituents is 1. The lowest BCUT2D eigenvalue weighted by atomic mass is 10.3. The van der Waals surface area contributed by atoms with Crippen molar-refractivity contribution in [3.63, 3.8) is 0 Å². The summed E-state index contributed by atoms with van der Waals surface area (Å²) >= 11 is 0. The molecule has 0 heterocycles. The third-order valence-corrected chi connectivity index (χ3v) is 1.42. The molecular weight excluding hydrogens is 192 g/mol. The summed E-state index contributed by atoms with van der Waals surface area (Å²) in [4.78, 5) is 18.1. The highest BCUT2D eigenvalue weighted by Crippen LogP contribution is 2.16. The Morgan fingerprint density at radius 1 is 1.46 bits per heavy atom. The van der Waals surface area contributed by atoms with Crippen molar-refractivity contribution in [1.82, 2.24) is 0 Å². The van der Waals surface area contributed by atoms with E-state index in [1.807, 2.05) is 6.79 Å². The molecule has 0 saturated carbocycles. The summed E-state index contributed by atoms with van der Waals surface area (Å²) in [6.45, 7) is 2.00. The average Bonchev–Trinajstić information content (AvgIpc) is 2.06. The fourth-order valence-corrected chi connectivity index (χ4v) is 0.963. The van der Waals surface area contributed by atoms with E-state index in [-0.39, 0.29) is 11.5 Å². The van der Waals surface area contributed by atoms with E-state index in [0.717, 1.165) is 0 Å². The number of carbonyl (C=O) groups is 1. The highest BCUT2D eigenvalue weighted by Gasteiger charge is 1.92. The molecular formula is C7H7O5Si-. The quantitative estimate of drug-likeness (QED) is 0.640. The summed E-state index contributed by atoms with van der Waals surface area (Å²) in [5.41, 5.74) is 0. The highest BCUT2D eigenvalue weighted by molar-refractivity contribution is 6.23. The van der Waals surface area contributed by atoms with E-state index < -0.39 is 9.17 Å². The molecule has 0 bridgehead atoms. The van der Waals surface area contributed by atoms with Crippen molar-refractivity contribution < 1.29 is 23.6 Å². The van der Waals surface area contributed by atoms with Crippen LogP contribution >= 0.6 is 0 Å². The minimum absolute atomic E-state index is 0.0225. The summed E-state index contributed by atoms with van der Waals surface area (Å²) in [5, 5.41) is 8.85. The number of phenols is 1. The molecule has 0 fully saturated rings. The molecule has 1 aromatic carbocycles. The van der Waals surface area contributed by atoms with Gasteiger partial charge in [-0.05, 0) is 12.1 Å². The van der Waals surface area contributed by atoms with E-state index in [9.17, 15) is 9.26 Å². The van der Waals surface area contributed by atoms with Crippen LogP contribution < -0.4 is 9.22 Å². The second-order valence-electron chi connectivity index (χ2n) is 1.85. The first-order chi connectivity index (χ1) is 6.18. The molecule has 0 amide bonds. The molecule has 0 spiro atoms. The predicted molar refractivity (Wildman–Crippen MR) is 42.3 cm³/mol. The maximum atomic E-state index is 10.1. The summed E-state index contributed by atoms with van der Waals surface area (Å²) < 4.78 is 14.4. The Bertz CT molecular complexity index is 288. The van der Waals surface area contributed by atoms with Gasteiger partial charge in [-0.1, -0.05) is 6.07 Å². The first kappa shape index (κ1) is 11.3. The number of hydrogen-bond donors (Lipinski definition) is 1. The van der Waals surface area contributed by atoms with Gasteiger partial charge in [0.1, 0.15) is 12.5 Å². The van der Waals surface area contributed by atoms with E-state index in [0.29, 0.717) is 0 Å². The van der Waals surface area contributed by atoms with Crippen LogP contribution in [0, 0.1) is 0 Å². The summed E-state index contributed by atoms with van der Waals surface area (Å²) in [7, 11) is -3.21. The van der Waals surface area contributed by atoms with Crippen LogP contribution in [0.3, 0.4) is 0 Å². The molecule has 1 rings (SSSR count).